The number of nitrogens with zero attached hydrogens (tertiary/aromatic N) is 2. The maximum absolute atomic E-state index is 4.22. The molecule has 4 heteroatoms. The fraction of sp³-hybridized carbons (Fsp3) is 0. The molecule has 0 atom stereocenters. The molecule has 0 saturated carbocycles. The van der Waals surface area contributed by atoms with E-state index in [-0.39, 0.29) is 0 Å². The van der Waals surface area contributed by atoms with Gasteiger partial charge in [0.15, 0.2) is 0 Å². The van der Waals surface area contributed by atoms with Crippen molar-refractivity contribution in [1.29, 1.82) is 0 Å². The first kappa shape index (κ1) is 7.89. The Morgan fingerprint density at radius 2 is 2.33 bits per heavy atom. The van der Waals surface area contributed by atoms with E-state index in [1.807, 2.05) is 18.3 Å². The number of rotatable bonds is 1. The first-order valence-electron chi connectivity index (χ1n) is 3.37. The summed E-state index contributed by atoms with van der Waals surface area (Å²) < 4.78 is 1.04. The zero-order chi connectivity index (χ0) is 8.39. The highest BCUT2D eigenvalue weighted by Crippen LogP contribution is 2.23. The second-order valence-electron chi connectivity index (χ2n) is 2.22. The molecule has 0 amide bonds. The highest BCUT2D eigenvalue weighted by Gasteiger charge is 1.99. The van der Waals surface area contributed by atoms with Crippen LogP contribution in [0.2, 0.25) is 0 Å². The van der Waals surface area contributed by atoms with Gasteiger partial charge in [-0.25, -0.2) is 0 Å². The first-order chi connectivity index (χ1) is 5.86. The summed E-state index contributed by atoms with van der Waals surface area (Å²) in [6, 6.07) is 3.89. The molecule has 2 heterocycles. The van der Waals surface area contributed by atoms with Crippen LogP contribution in [0.25, 0.3) is 10.6 Å². The minimum atomic E-state index is 0.965. The van der Waals surface area contributed by atoms with Gasteiger partial charge in [-0.15, -0.1) is 11.3 Å². The molecule has 0 radical (unpaired) electrons. The average Bonchev–Trinajstić information content (AvgIpc) is 2.56. The lowest BCUT2D eigenvalue weighted by Crippen LogP contribution is -1.77. The molecule has 60 valence electrons. The Bertz CT molecular complexity index is 372. The Hall–Kier alpha value is -0.740. The van der Waals surface area contributed by atoms with Gasteiger partial charge in [0.2, 0.25) is 0 Å². The molecule has 0 saturated heterocycles. The highest BCUT2D eigenvalue weighted by atomic mass is 79.9. The van der Waals surface area contributed by atoms with Crippen LogP contribution in [0.15, 0.2) is 34.5 Å². The minimum absolute atomic E-state index is 0.965. The molecule has 0 aromatic carbocycles. The molecular formula is C8H5BrN2S. The molecule has 0 aliphatic rings. The van der Waals surface area contributed by atoms with Crippen LogP contribution >= 0.6 is 27.3 Å². The average molecular weight is 241 g/mol. The summed E-state index contributed by atoms with van der Waals surface area (Å²) in [6.45, 7) is 0. The normalized spacial score (nSPS) is 10.1. The van der Waals surface area contributed by atoms with Crippen LogP contribution in [0.4, 0.5) is 0 Å². The second kappa shape index (κ2) is 3.33. The van der Waals surface area contributed by atoms with Gasteiger partial charge in [0, 0.05) is 16.9 Å². The van der Waals surface area contributed by atoms with Gasteiger partial charge in [-0.3, -0.25) is 9.97 Å². The molecular weight excluding hydrogens is 236 g/mol. The highest BCUT2D eigenvalue weighted by molar-refractivity contribution is 9.10. The smallest absolute Gasteiger partial charge is 0.0829 e. The molecule has 0 bridgehead atoms. The Morgan fingerprint density at radius 1 is 1.42 bits per heavy atom. The third kappa shape index (κ3) is 1.54. The van der Waals surface area contributed by atoms with Crippen LogP contribution in [0, 0.1) is 0 Å². The van der Waals surface area contributed by atoms with Gasteiger partial charge >= 0.3 is 0 Å². The van der Waals surface area contributed by atoms with Crippen molar-refractivity contribution < 1.29 is 0 Å². The van der Waals surface area contributed by atoms with Crippen molar-refractivity contribution in [2.45, 2.75) is 0 Å². The van der Waals surface area contributed by atoms with Gasteiger partial charge in [-0.2, -0.15) is 0 Å². The topological polar surface area (TPSA) is 25.8 Å². The van der Waals surface area contributed by atoms with E-state index in [2.05, 4.69) is 25.9 Å². The summed E-state index contributed by atoms with van der Waals surface area (Å²) in [5.41, 5.74) is 2.77. The molecule has 0 N–H and O–H groups in total. The summed E-state index contributed by atoms with van der Waals surface area (Å²) in [7, 11) is 0. The van der Waals surface area contributed by atoms with Gasteiger partial charge in [0.05, 0.1) is 16.1 Å². The molecule has 2 aromatic heterocycles. The molecule has 12 heavy (non-hydrogen) atoms. The van der Waals surface area contributed by atoms with E-state index in [0.717, 1.165) is 15.0 Å². The standard InChI is InChI=1S/C8H5BrN2S/c9-6-1-2-11-7(3-6)8-4-10-5-12-8/h1-5H. The van der Waals surface area contributed by atoms with E-state index in [4.69, 9.17) is 0 Å². The van der Waals surface area contributed by atoms with E-state index in [1.54, 1.807) is 23.0 Å². The van der Waals surface area contributed by atoms with Crippen molar-refractivity contribution >= 4 is 27.3 Å². The third-order valence-corrected chi connectivity index (χ3v) is 2.70. The number of halogens is 1. The van der Waals surface area contributed by atoms with Crippen LogP contribution in [0.3, 0.4) is 0 Å². The van der Waals surface area contributed by atoms with E-state index in [9.17, 15) is 0 Å². The van der Waals surface area contributed by atoms with E-state index in [0.29, 0.717) is 0 Å². The first-order valence-corrected chi connectivity index (χ1v) is 5.04. The van der Waals surface area contributed by atoms with Crippen LogP contribution < -0.4 is 0 Å². The summed E-state index contributed by atoms with van der Waals surface area (Å²) >= 11 is 4.98. The minimum Gasteiger partial charge on any atom is -0.255 e. The van der Waals surface area contributed by atoms with Gasteiger partial charge in [0.25, 0.3) is 0 Å². The quantitative estimate of drug-likeness (QED) is 0.767. The zero-order valence-electron chi connectivity index (χ0n) is 6.07. The number of hydrogen-bond donors (Lipinski definition) is 0. The molecule has 0 aliphatic heterocycles. The summed E-state index contributed by atoms with van der Waals surface area (Å²) in [5, 5.41) is 0. The monoisotopic (exact) mass is 240 g/mol. The third-order valence-electron chi connectivity index (χ3n) is 1.41. The fourth-order valence-electron chi connectivity index (χ4n) is 0.882. The van der Waals surface area contributed by atoms with Gasteiger partial charge in [0.1, 0.15) is 0 Å². The molecule has 2 rings (SSSR count). The van der Waals surface area contributed by atoms with E-state index >= 15 is 0 Å². The number of thiazole rings is 1. The molecule has 0 aliphatic carbocycles. The Morgan fingerprint density at radius 3 is 3.00 bits per heavy atom. The Balaban J connectivity index is 2.48. The SMILES string of the molecule is Brc1ccnc(-c2cncs2)c1. The van der Waals surface area contributed by atoms with Crippen molar-refractivity contribution in [2.75, 3.05) is 0 Å². The van der Waals surface area contributed by atoms with Crippen LogP contribution in [0.5, 0.6) is 0 Å². The maximum Gasteiger partial charge on any atom is 0.0829 e. The Labute approximate surface area is 82.4 Å². The van der Waals surface area contributed by atoms with Crippen molar-refractivity contribution in [3.05, 3.63) is 34.5 Å². The summed E-state index contributed by atoms with van der Waals surface area (Å²) in [4.78, 5) is 9.31. The second-order valence-corrected chi connectivity index (χ2v) is 4.03. The fourth-order valence-corrected chi connectivity index (χ4v) is 1.81. The number of aromatic nitrogens is 2. The lowest BCUT2D eigenvalue weighted by atomic mass is 10.3. The molecule has 2 nitrogen and oxygen atoms in total. The van der Waals surface area contributed by atoms with Gasteiger partial charge in [-0.05, 0) is 12.1 Å². The predicted octanol–water partition coefficient (Wildman–Crippen LogP) is 2.97. The molecule has 0 spiro atoms. The van der Waals surface area contributed by atoms with Gasteiger partial charge < -0.3 is 0 Å². The largest absolute Gasteiger partial charge is 0.255 e. The Kier molecular flexibility index (Phi) is 2.19. The van der Waals surface area contributed by atoms with Crippen LogP contribution in [-0.2, 0) is 0 Å². The number of pyridine rings is 1. The zero-order valence-corrected chi connectivity index (χ0v) is 8.47. The van der Waals surface area contributed by atoms with Crippen molar-refractivity contribution in [3.63, 3.8) is 0 Å². The van der Waals surface area contributed by atoms with Crippen molar-refractivity contribution in [1.82, 2.24) is 9.97 Å². The maximum atomic E-state index is 4.22. The van der Waals surface area contributed by atoms with Crippen LogP contribution in [0.1, 0.15) is 0 Å². The van der Waals surface area contributed by atoms with E-state index in [1.165, 1.54) is 0 Å². The summed E-state index contributed by atoms with van der Waals surface area (Å²) in [6.07, 6.45) is 3.60. The van der Waals surface area contributed by atoms with Crippen molar-refractivity contribution in [3.8, 4) is 10.6 Å². The lowest BCUT2D eigenvalue weighted by Gasteiger charge is -1.94. The molecule has 0 fully saturated rings. The predicted molar refractivity (Wildman–Crippen MR) is 53.0 cm³/mol. The lowest BCUT2D eigenvalue weighted by molar-refractivity contribution is 1.32. The van der Waals surface area contributed by atoms with Crippen LogP contribution in [-0.4, -0.2) is 9.97 Å². The van der Waals surface area contributed by atoms with E-state index < -0.39 is 0 Å². The number of hydrogen-bond acceptors (Lipinski definition) is 3. The van der Waals surface area contributed by atoms with Gasteiger partial charge in [-0.1, -0.05) is 15.9 Å². The molecule has 2 aromatic rings. The van der Waals surface area contributed by atoms with Crippen molar-refractivity contribution in [2.24, 2.45) is 0 Å². The molecule has 0 unspecified atom stereocenters. The summed E-state index contributed by atoms with van der Waals surface area (Å²) in [5.74, 6) is 0.